The van der Waals surface area contributed by atoms with Crippen molar-refractivity contribution in [2.45, 2.75) is 37.5 Å². The first-order valence-electron chi connectivity index (χ1n) is 12.0. The van der Waals surface area contributed by atoms with E-state index < -0.39 is 52.7 Å². The van der Waals surface area contributed by atoms with Crippen molar-refractivity contribution < 1.29 is 44.3 Å². The summed E-state index contributed by atoms with van der Waals surface area (Å²) in [5.74, 6) is -1.03. The van der Waals surface area contributed by atoms with Crippen molar-refractivity contribution >= 4 is 18.3 Å². The van der Waals surface area contributed by atoms with E-state index in [1.54, 1.807) is 24.1 Å². The van der Waals surface area contributed by atoms with Crippen LogP contribution in [0.5, 0.6) is 0 Å². The number of carbonyl (C=O) groups excluding carboxylic acids is 1. The lowest BCUT2D eigenvalue weighted by Crippen LogP contribution is -2.55. The van der Waals surface area contributed by atoms with Gasteiger partial charge >= 0.3 is 18.5 Å². The van der Waals surface area contributed by atoms with Gasteiger partial charge in [0.25, 0.3) is 5.91 Å². The topological polar surface area (TPSA) is 41.4 Å². The van der Waals surface area contributed by atoms with Crippen LogP contribution in [0.4, 0.5) is 39.5 Å². The van der Waals surface area contributed by atoms with Gasteiger partial charge < -0.3 is 4.90 Å². The predicted molar refractivity (Wildman–Crippen MR) is 132 cm³/mol. The first-order chi connectivity index (χ1) is 18.5. The normalized spacial score (nSPS) is 16.9. The van der Waals surface area contributed by atoms with Crippen LogP contribution in [0.15, 0.2) is 54.9 Å². The highest BCUT2D eigenvalue weighted by Gasteiger charge is 2.39. The molecule has 4 rings (SSSR count). The summed E-state index contributed by atoms with van der Waals surface area (Å²) >= 11 is 0. The van der Waals surface area contributed by atoms with Crippen LogP contribution in [-0.2, 0) is 38.5 Å². The first-order valence-corrected chi connectivity index (χ1v) is 12.0. The number of carbonyl (C=O) groups is 1. The molecule has 2 aromatic carbocycles. The Hall–Kier alpha value is -3.26. The molecule has 1 amide bonds. The van der Waals surface area contributed by atoms with Crippen LogP contribution in [0, 0.1) is 0 Å². The average molecular weight is 615 g/mol. The molecule has 2 heterocycles. The third-order valence-corrected chi connectivity index (χ3v) is 6.58. The second-order valence-electron chi connectivity index (χ2n) is 9.60. The molecular formula is C26H24ClF9N4O. The van der Waals surface area contributed by atoms with E-state index in [0.717, 1.165) is 17.7 Å². The molecule has 224 valence electrons. The Morgan fingerprint density at radius 3 is 1.88 bits per heavy atom. The fourth-order valence-electron chi connectivity index (χ4n) is 4.66. The van der Waals surface area contributed by atoms with Crippen molar-refractivity contribution in [2.24, 2.45) is 7.05 Å². The molecule has 0 spiro atoms. The number of alkyl halides is 9. The largest absolute Gasteiger partial charge is 0.416 e. The Bertz CT molecular complexity index is 1320. The average Bonchev–Trinajstić information content (AvgIpc) is 3.26. The van der Waals surface area contributed by atoms with Crippen molar-refractivity contribution in [3.05, 3.63) is 88.2 Å². The van der Waals surface area contributed by atoms with Gasteiger partial charge in [0.05, 0.1) is 22.9 Å². The zero-order valence-corrected chi connectivity index (χ0v) is 22.1. The van der Waals surface area contributed by atoms with E-state index >= 15 is 0 Å². The number of rotatable bonds is 5. The van der Waals surface area contributed by atoms with Crippen LogP contribution in [-0.4, -0.2) is 51.2 Å². The standard InChI is InChI=1S/C26H23F9N4O.ClH/c1-37-13-17(12-36-37)14-38-6-7-39(22(15-38)8-16-2-4-19(5-3-16)24(27,28)29)23(40)18-9-20(25(30,31)32)11-21(10-18)26(33,34)35;/h2-5,9-13,22H,6-8,14-15H2,1H3;1H/t22-;/m1./s1. The van der Waals surface area contributed by atoms with Crippen molar-refractivity contribution in [3.63, 3.8) is 0 Å². The maximum atomic E-state index is 13.4. The Labute approximate surface area is 234 Å². The fraction of sp³-hybridized carbons (Fsp3) is 0.385. The van der Waals surface area contributed by atoms with E-state index in [9.17, 15) is 44.3 Å². The summed E-state index contributed by atoms with van der Waals surface area (Å²) < 4.78 is 121. The quantitative estimate of drug-likeness (QED) is 0.310. The molecule has 1 fully saturated rings. The molecule has 1 atom stereocenters. The van der Waals surface area contributed by atoms with Gasteiger partial charge in [0.15, 0.2) is 0 Å². The van der Waals surface area contributed by atoms with E-state index in [1.165, 1.54) is 17.0 Å². The second kappa shape index (κ2) is 11.9. The first kappa shape index (κ1) is 32.3. The summed E-state index contributed by atoms with van der Waals surface area (Å²) in [6, 6.07) is 4.18. The maximum Gasteiger partial charge on any atom is 0.416 e. The number of nitrogens with zero attached hydrogens (tertiary/aromatic N) is 4. The molecule has 3 aromatic rings. The number of aryl methyl sites for hydroxylation is 1. The number of piperazine rings is 1. The highest BCUT2D eigenvalue weighted by molar-refractivity contribution is 5.95. The summed E-state index contributed by atoms with van der Waals surface area (Å²) in [7, 11) is 1.72. The molecule has 1 saturated heterocycles. The highest BCUT2D eigenvalue weighted by atomic mass is 35.5. The number of hydrogen-bond acceptors (Lipinski definition) is 3. The summed E-state index contributed by atoms with van der Waals surface area (Å²) in [6.45, 7) is 0.811. The molecule has 41 heavy (non-hydrogen) atoms. The van der Waals surface area contributed by atoms with Gasteiger partial charge in [-0.15, -0.1) is 12.4 Å². The molecule has 1 aliphatic rings. The van der Waals surface area contributed by atoms with Gasteiger partial charge in [-0.2, -0.15) is 44.6 Å². The van der Waals surface area contributed by atoms with Crippen molar-refractivity contribution in [3.8, 4) is 0 Å². The monoisotopic (exact) mass is 614 g/mol. The maximum absolute atomic E-state index is 13.4. The van der Waals surface area contributed by atoms with Gasteiger partial charge in [-0.25, -0.2) is 0 Å². The van der Waals surface area contributed by atoms with Gasteiger partial charge in [0, 0.05) is 56.6 Å². The number of hydrogen-bond donors (Lipinski definition) is 0. The van der Waals surface area contributed by atoms with Crippen LogP contribution in [0.2, 0.25) is 0 Å². The Morgan fingerprint density at radius 2 is 1.39 bits per heavy atom. The van der Waals surface area contributed by atoms with Crippen LogP contribution in [0.3, 0.4) is 0 Å². The molecule has 1 aliphatic heterocycles. The van der Waals surface area contributed by atoms with Crippen LogP contribution >= 0.6 is 12.4 Å². The van der Waals surface area contributed by atoms with Crippen molar-refractivity contribution in [2.75, 3.05) is 19.6 Å². The Morgan fingerprint density at radius 1 is 0.829 bits per heavy atom. The number of aromatic nitrogens is 2. The molecule has 0 unspecified atom stereocenters. The van der Waals surface area contributed by atoms with Gasteiger partial charge in [-0.1, -0.05) is 12.1 Å². The lowest BCUT2D eigenvalue weighted by atomic mass is 9.98. The van der Waals surface area contributed by atoms with Gasteiger partial charge in [0.2, 0.25) is 0 Å². The summed E-state index contributed by atoms with van der Waals surface area (Å²) in [5.41, 5.74) is -3.63. The summed E-state index contributed by atoms with van der Waals surface area (Å²) in [4.78, 5) is 16.5. The van der Waals surface area contributed by atoms with Gasteiger partial charge in [-0.3, -0.25) is 14.4 Å². The zero-order chi connectivity index (χ0) is 29.5. The zero-order valence-electron chi connectivity index (χ0n) is 21.3. The van der Waals surface area contributed by atoms with E-state index in [1.807, 2.05) is 4.90 Å². The molecule has 0 bridgehead atoms. The van der Waals surface area contributed by atoms with Gasteiger partial charge in [0.1, 0.15) is 0 Å². The number of amides is 1. The third-order valence-electron chi connectivity index (χ3n) is 6.58. The lowest BCUT2D eigenvalue weighted by molar-refractivity contribution is -0.143. The minimum atomic E-state index is -5.13. The minimum Gasteiger partial charge on any atom is -0.333 e. The number of halogens is 10. The molecule has 0 aliphatic carbocycles. The van der Waals surface area contributed by atoms with Gasteiger partial charge in [-0.05, 0) is 42.3 Å². The van der Waals surface area contributed by atoms with E-state index in [4.69, 9.17) is 0 Å². The molecule has 1 aromatic heterocycles. The Kier molecular flexibility index (Phi) is 9.38. The van der Waals surface area contributed by atoms with Crippen LogP contribution in [0.25, 0.3) is 0 Å². The molecule has 0 N–H and O–H groups in total. The molecule has 15 heteroatoms. The van der Waals surface area contributed by atoms with E-state index in [2.05, 4.69) is 5.10 Å². The second-order valence-corrected chi connectivity index (χ2v) is 9.60. The Balaban J connectivity index is 0.00000462. The van der Waals surface area contributed by atoms with Crippen LogP contribution < -0.4 is 0 Å². The molecule has 5 nitrogen and oxygen atoms in total. The fourth-order valence-corrected chi connectivity index (χ4v) is 4.66. The van der Waals surface area contributed by atoms with E-state index in [0.29, 0.717) is 24.2 Å². The SMILES string of the molecule is Cl.Cn1cc(CN2CCN(C(=O)c3cc(C(F)(F)F)cc(C(F)(F)F)c3)[C@H](Cc3ccc(C(F)(F)F)cc3)C2)cn1. The van der Waals surface area contributed by atoms with Crippen molar-refractivity contribution in [1.82, 2.24) is 19.6 Å². The predicted octanol–water partition coefficient (Wildman–Crippen LogP) is 6.47. The lowest BCUT2D eigenvalue weighted by Gasteiger charge is -2.41. The molecule has 0 radical (unpaired) electrons. The number of benzene rings is 2. The molecular weight excluding hydrogens is 591 g/mol. The summed E-state index contributed by atoms with van der Waals surface area (Å²) in [6.07, 6.45) is -11.4. The van der Waals surface area contributed by atoms with Crippen LogP contribution in [0.1, 0.15) is 38.2 Å². The molecule has 0 saturated carbocycles. The third kappa shape index (κ3) is 7.94. The highest BCUT2D eigenvalue weighted by Crippen LogP contribution is 2.37. The van der Waals surface area contributed by atoms with E-state index in [-0.39, 0.29) is 44.5 Å². The summed E-state index contributed by atoms with van der Waals surface area (Å²) in [5, 5.41) is 4.09. The minimum absolute atomic E-state index is 0. The van der Waals surface area contributed by atoms with Crippen molar-refractivity contribution in [1.29, 1.82) is 0 Å². The smallest absolute Gasteiger partial charge is 0.333 e.